The first-order valence-electron chi connectivity index (χ1n) is 11.1. The van der Waals surface area contributed by atoms with Gasteiger partial charge in [-0.25, -0.2) is 4.98 Å². The average Bonchev–Trinajstić information content (AvgIpc) is 3.05. The summed E-state index contributed by atoms with van der Waals surface area (Å²) in [4.78, 5) is 21.9. The van der Waals surface area contributed by atoms with Crippen LogP contribution in [0.25, 0.3) is 0 Å². The molecule has 1 aromatic heterocycles. The van der Waals surface area contributed by atoms with Crippen LogP contribution in [0, 0.1) is 5.92 Å². The number of carbonyl (C=O) groups excluding carboxylic acids is 1. The van der Waals surface area contributed by atoms with Crippen LogP contribution in [0.1, 0.15) is 55.8 Å². The zero-order valence-electron chi connectivity index (χ0n) is 17.4. The van der Waals surface area contributed by atoms with Crippen LogP contribution in [-0.2, 0) is 0 Å². The van der Waals surface area contributed by atoms with E-state index < -0.39 is 0 Å². The fourth-order valence-corrected chi connectivity index (χ4v) is 4.23. The SMILES string of the molecule is CC1CCN(c2ccc(NC(=O)c3ccc(N4CCCCCC4)nc3)cc2)CC1. The van der Waals surface area contributed by atoms with Crippen molar-refractivity contribution in [2.24, 2.45) is 5.92 Å². The molecule has 0 bridgehead atoms. The Morgan fingerprint density at radius 1 is 0.897 bits per heavy atom. The van der Waals surface area contributed by atoms with Crippen LogP contribution in [0.2, 0.25) is 0 Å². The molecule has 1 aromatic carbocycles. The molecule has 4 rings (SSSR count). The van der Waals surface area contributed by atoms with Gasteiger partial charge in [-0.1, -0.05) is 19.8 Å². The van der Waals surface area contributed by atoms with Gasteiger partial charge in [0.15, 0.2) is 0 Å². The second-order valence-corrected chi connectivity index (χ2v) is 8.48. The first-order valence-corrected chi connectivity index (χ1v) is 11.1. The van der Waals surface area contributed by atoms with Gasteiger partial charge in [0.1, 0.15) is 5.82 Å². The van der Waals surface area contributed by atoms with Gasteiger partial charge in [-0.15, -0.1) is 0 Å². The molecule has 2 aromatic rings. The molecule has 1 N–H and O–H groups in total. The van der Waals surface area contributed by atoms with E-state index >= 15 is 0 Å². The number of benzene rings is 1. The highest BCUT2D eigenvalue weighted by Crippen LogP contribution is 2.24. The van der Waals surface area contributed by atoms with Crippen LogP contribution in [0.3, 0.4) is 0 Å². The molecule has 0 radical (unpaired) electrons. The molecule has 154 valence electrons. The van der Waals surface area contributed by atoms with Gasteiger partial charge in [-0.2, -0.15) is 0 Å². The lowest BCUT2D eigenvalue weighted by Gasteiger charge is -2.32. The molecule has 3 heterocycles. The molecule has 0 spiro atoms. The molecular formula is C24H32N4O. The average molecular weight is 393 g/mol. The predicted octanol–water partition coefficient (Wildman–Crippen LogP) is 4.95. The summed E-state index contributed by atoms with van der Waals surface area (Å²) in [5, 5.41) is 2.99. The van der Waals surface area contributed by atoms with Crippen molar-refractivity contribution in [1.82, 2.24) is 4.98 Å². The van der Waals surface area contributed by atoms with Crippen molar-refractivity contribution in [2.45, 2.75) is 45.4 Å². The largest absolute Gasteiger partial charge is 0.372 e. The van der Waals surface area contributed by atoms with E-state index in [9.17, 15) is 4.79 Å². The third-order valence-electron chi connectivity index (χ3n) is 6.21. The first kappa shape index (κ1) is 19.7. The predicted molar refractivity (Wildman–Crippen MR) is 120 cm³/mol. The number of hydrogen-bond donors (Lipinski definition) is 1. The number of nitrogens with one attached hydrogen (secondary N) is 1. The number of rotatable bonds is 4. The lowest BCUT2D eigenvalue weighted by molar-refractivity contribution is 0.102. The zero-order chi connectivity index (χ0) is 20.1. The maximum atomic E-state index is 12.6. The summed E-state index contributed by atoms with van der Waals surface area (Å²) in [6.07, 6.45) is 9.22. The van der Waals surface area contributed by atoms with Gasteiger partial charge in [-0.3, -0.25) is 4.79 Å². The van der Waals surface area contributed by atoms with Gasteiger partial charge < -0.3 is 15.1 Å². The van der Waals surface area contributed by atoms with Gasteiger partial charge in [-0.05, 0) is 68.0 Å². The molecule has 0 atom stereocenters. The van der Waals surface area contributed by atoms with Crippen LogP contribution in [-0.4, -0.2) is 37.1 Å². The van der Waals surface area contributed by atoms with Crippen molar-refractivity contribution in [2.75, 3.05) is 41.3 Å². The lowest BCUT2D eigenvalue weighted by atomic mass is 9.99. The van der Waals surface area contributed by atoms with E-state index in [4.69, 9.17) is 0 Å². The number of amides is 1. The van der Waals surface area contributed by atoms with Crippen molar-refractivity contribution >= 4 is 23.1 Å². The van der Waals surface area contributed by atoms with E-state index in [1.54, 1.807) is 6.20 Å². The fourth-order valence-electron chi connectivity index (χ4n) is 4.23. The fraction of sp³-hybridized carbons (Fsp3) is 0.500. The molecule has 0 saturated carbocycles. The Kier molecular flexibility index (Phi) is 6.33. The van der Waals surface area contributed by atoms with Gasteiger partial charge in [0.05, 0.1) is 5.56 Å². The van der Waals surface area contributed by atoms with Crippen LogP contribution in [0.4, 0.5) is 17.2 Å². The monoisotopic (exact) mass is 392 g/mol. The number of nitrogens with zero attached hydrogens (tertiary/aromatic N) is 3. The number of carbonyl (C=O) groups is 1. The molecule has 0 aliphatic carbocycles. The Bertz CT molecular complexity index is 787. The summed E-state index contributed by atoms with van der Waals surface area (Å²) in [5.41, 5.74) is 2.65. The van der Waals surface area contributed by atoms with E-state index in [-0.39, 0.29) is 5.91 Å². The summed E-state index contributed by atoms with van der Waals surface area (Å²) in [6, 6.07) is 12.0. The Balaban J connectivity index is 1.35. The maximum Gasteiger partial charge on any atom is 0.257 e. The van der Waals surface area contributed by atoms with E-state index in [2.05, 4.69) is 39.2 Å². The molecule has 5 nitrogen and oxygen atoms in total. The molecule has 2 fully saturated rings. The number of piperidine rings is 1. The van der Waals surface area contributed by atoms with E-state index in [0.717, 1.165) is 43.6 Å². The molecule has 5 heteroatoms. The summed E-state index contributed by atoms with van der Waals surface area (Å²) in [7, 11) is 0. The minimum absolute atomic E-state index is 0.112. The van der Waals surface area contributed by atoms with Crippen LogP contribution in [0.5, 0.6) is 0 Å². The zero-order valence-corrected chi connectivity index (χ0v) is 17.4. The van der Waals surface area contributed by atoms with Crippen LogP contribution in [0.15, 0.2) is 42.6 Å². The highest BCUT2D eigenvalue weighted by molar-refractivity contribution is 6.04. The van der Waals surface area contributed by atoms with Gasteiger partial charge >= 0.3 is 0 Å². The normalized spacial score (nSPS) is 18.4. The molecule has 0 unspecified atom stereocenters. The Morgan fingerprint density at radius 3 is 2.21 bits per heavy atom. The van der Waals surface area contributed by atoms with Crippen LogP contribution < -0.4 is 15.1 Å². The molecule has 29 heavy (non-hydrogen) atoms. The topological polar surface area (TPSA) is 48.5 Å². The second-order valence-electron chi connectivity index (χ2n) is 8.48. The second kappa shape index (κ2) is 9.29. The lowest BCUT2D eigenvalue weighted by Crippen LogP contribution is -2.32. The quantitative estimate of drug-likeness (QED) is 0.800. The third-order valence-corrected chi connectivity index (χ3v) is 6.21. The van der Waals surface area contributed by atoms with E-state index in [1.807, 2.05) is 24.3 Å². The smallest absolute Gasteiger partial charge is 0.257 e. The third kappa shape index (κ3) is 5.08. The van der Waals surface area contributed by atoms with Gasteiger partial charge in [0.25, 0.3) is 5.91 Å². The highest BCUT2D eigenvalue weighted by atomic mass is 16.1. The van der Waals surface area contributed by atoms with Crippen molar-refractivity contribution in [3.8, 4) is 0 Å². The molecule has 1 amide bonds. The minimum Gasteiger partial charge on any atom is -0.372 e. The first-order chi connectivity index (χ1) is 14.2. The van der Waals surface area contributed by atoms with Crippen molar-refractivity contribution in [3.05, 3.63) is 48.2 Å². The molecule has 2 saturated heterocycles. The summed E-state index contributed by atoms with van der Waals surface area (Å²) < 4.78 is 0. The standard InChI is InChI=1S/C24H32N4O/c1-19-12-16-27(17-13-19)22-9-7-21(8-10-22)26-24(29)20-6-11-23(25-18-20)28-14-4-2-3-5-15-28/h6-11,18-19H,2-5,12-17H2,1H3,(H,26,29). The summed E-state index contributed by atoms with van der Waals surface area (Å²) >= 11 is 0. The number of hydrogen-bond acceptors (Lipinski definition) is 4. The Labute approximate surface area is 174 Å². The van der Waals surface area contributed by atoms with Crippen molar-refractivity contribution in [1.29, 1.82) is 0 Å². The van der Waals surface area contributed by atoms with Gasteiger partial charge in [0, 0.05) is 43.8 Å². The van der Waals surface area contributed by atoms with Crippen molar-refractivity contribution < 1.29 is 4.79 Å². The van der Waals surface area contributed by atoms with E-state index in [1.165, 1.54) is 44.2 Å². The highest BCUT2D eigenvalue weighted by Gasteiger charge is 2.16. The van der Waals surface area contributed by atoms with Crippen molar-refractivity contribution in [3.63, 3.8) is 0 Å². The number of pyridine rings is 1. The summed E-state index contributed by atoms with van der Waals surface area (Å²) in [5.74, 6) is 1.69. The Hall–Kier alpha value is -2.56. The molecular weight excluding hydrogens is 360 g/mol. The summed E-state index contributed by atoms with van der Waals surface area (Å²) in [6.45, 7) is 6.66. The minimum atomic E-state index is -0.112. The molecule has 2 aliphatic rings. The molecule has 2 aliphatic heterocycles. The number of aromatic nitrogens is 1. The maximum absolute atomic E-state index is 12.6. The Morgan fingerprint density at radius 2 is 1.59 bits per heavy atom. The van der Waals surface area contributed by atoms with E-state index in [0.29, 0.717) is 5.56 Å². The van der Waals surface area contributed by atoms with Gasteiger partial charge in [0.2, 0.25) is 0 Å². The number of anilines is 3. The van der Waals surface area contributed by atoms with Crippen LogP contribution >= 0.6 is 0 Å².